The molecular formula is C25H23NO3S. The highest BCUT2D eigenvalue weighted by Gasteiger charge is 2.36. The van der Waals surface area contributed by atoms with Gasteiger partial charge in [0.05, 0.1) is 10.9 Å². The van der Waals surface area contributed by atoms with Gasteiger partial charge in [0.1, 0.15) is 0 Å². The van der Waals surface area contributed by atoms with Crippen LogP contribution in [0.2, 0.25) is 0 Å². The van der Waals surface area contributed by atoms with Crippen LogP contribution < -0.4 is 0 Å². The average Bonchev–Trinajstić information content (AvgIpc) is 3.20. The predicted octanol–water partition coefficient (Wildman–Crippen LogP) is 4.72. The van der Waals surface area contributed by atoms with Crippen molar-refractivity contribution in [3.63, 3.8) is 0 Å². The molecule has 0 saturated heterocycles. The predicted molar refractivity (Wildman–Crippen MR) is 119 cm³/mol. The molecule has 1 unspecified atom stereocenters. The summed E-state index contributed by atoms with van der Waals surface area (Å²) in [6.45, 7) is 2.16. The zero-order valence-corrected chi connectivity index (χ0v) is 17.5. The quantitative estimate of drug-likeness (QED) is 0.545. The Kier molecular flexibility index (Phi) is 5.66. The largest absolute Gasteiger partial charge is 0.294 e. The third-order valence-corrected chi connectivity index (χ3v) is 7.24. The molecule has 5 heteroatoms. The van der Waals surface area contributed by atoms with E-state index in [1.54, 1.807) is 36.4 Å². The molecule has 0 aromatic heterocycles. The summed E-state index contributed by atoms with van der Waals surface area (Å²) in [5, 5.41) is 0. The van der Waals surface area contributed by atoms with Crippen molar-refractivity contribution in [1.82, 2.24) is 4.31 Å². The second-order valence-electron chi connectivity index (χ2n) is 7.48. The molecule has 1 aliphatic heterocycles. The zero-order valence-electron chi connectivity index (χ0n) is 16.7. The van der Waals surface area contributed by atoms with Crippen molar-refractivity contribution < 1.29 is 13.2 Å². The Morgan fingerprint density at radius 2 is 1.50 bits per heavy atom. The van der Waals surface area contributed by atoms with Crippen LogP contribution in [0.25, 0.3) is 5.57 Å². The summed E-state index contributed by atoms with van der Waals surface area (Å²) in [5.41, 5.74) is 3.47. The van der Waals surface area contributed by atoms with E-state index in [9.17, 15) is 13.2 Å². The van der Waals surface area contributed by atoms with Crippen LogP contribution in [-0.2, 0) is 10.0 Å². The maximum absolute atomic E-state index is 13.4. The molecule has 0 amide bonds. The Hall–Kier alpha value is -3.02. The topological polar surface area (TPSA) is 54.5 Å². The Balaban J connectivity index is 1.69. The number of carbonyl (C=O) groups is 1. The van der Waals surface area contributed by atoms with Crippen LogP contribution in [0.15, 0.2) is 95.9 Å². The van der Waals surface area contributed by atoms with Crippen molar-refractivity contribution >= 4 is 21.4 Å². The molecule has 1 aliphatic rings. The second-order valence-corrected chi connectivity index (χ2v) is 9.37. The number of rotatable bonds is 6. The molecule has 0 aliphatic carbocycles. The third-order valence-electron chi connectivity index (χ3n) is 5.35. The van der Waals surface area contributed by atoms with Gasteiger partial charge in [-0.1, -0.05) is 84.4 Å². The molecule has 4 rings (SSSR count). The number of benzene rings is 3. The summed E-state index contributed by atoms with van der Waals surface area (Å²) in [6, 6.07) is 25.0. The molecule has 1 atom stereocenters. The van der Waals surface area contributed by atoms with Crippen molar-refractivity contribution in [2.75, 3.05) is 6.54 Å². The van der Waals surface area contributed by atoms with Crippen molar-refractivity contribution in [3.8, 4) is 0 Å². The first-order valence-electron chi connectivity index (χ1n) is 9.88. The van der Waals surface area contributed by atoms with E-state index in [1.807, 2.05) is 61.5 Å². The maximum atomic E-state index is 13.4. The van der Waals surface area contributed by atoms with Gasteiger partial charge in [0.15, 0.2) is 5.78 Å². The Morgan fingerprint density at radius 3 is 2.13 bits per heavy atom. The Bertz CT molecular complexity index is 1170. The first-order chi connectivity index (χ1) is 14.4. The summed E-state index contributed by atoms with van der Waals surface area (Å²) in [4.78, 5) is 13.1. The van der Waals surface area contributed by atoms with Crippen LogP contribution >= 0.6 is 0 Å². The number of hydrogen-bond donors (Lipinski definition) is 0. The normalized spacial score (nSPS) is 17.0. The van der Waals surface area contributed by atoms with Crippen molar-refractivity contribution in [2.45, 2.75) is 24.3 Å². The van der Waals surface area contributed by atoms with E-state index in [2.05, 4.69) is 0 Å². The number of Topliss-reactive ketones (excluding diaryl/α,β-unsaturated/α-hetero) is 1. The zero-order chi connectivity index (χ0) is 21.1. The van der Waals surface area contributed by atoms with Gasteiger partial charge in [-0.3, -0.25) is 4.79 Å². The lowest BCUT2D eigenvalue weighted by atomic mass is 10.0. The SMILES string of the molecule is Cc1ccc(S(=O)(=O)N2CC(c3ccccc3)=CC2CC(=O)c2ccccc2)cc1. The third kappa shape index (κ3) is 4.13. The average molecular weight is 418 g/mol. The van der Waals surface area contributed by atoms with Crippen LogP contribution in [0.3, 0.4) is 0 Å². The molecule has 3 aromatic rings. The number of carbonyl (C=O) groups excluding carboxylic acids is 1. The van der Waals surface area contributed by atoms with Crippen LogP contribution in [-0.4, -0.2) is 31.1 Å². The molecule has 30 heavy (non-hydrogen) atoms. The van der Waals surface area contributed by atoms with E-state index in [-0.39, 0.29) is 23.6 Å². The van der Waals surface area contributed by atoms with Gasteiger partial charge in [-0.25, -0.2) is 8.42 Å². The Labute approximate surface area is 177 Å². The fraction of sp³-hybridized carbons (Fsp3) is 0.160. The van der Waals surface area contributed by atoms with Crippen molar-refractivity contribution in [2.24, 2.45) is 0 Å². The minimum atomic E-state index is -3.74. The minimum absolute atomic E-state index is 0.0738. The summed E-state index contributed by atoms with van der Waals surface area (Å²) < 4.78 is 28.3. The van der Waals surface area contributed by atoms with Gasteiger partial charge in [-0.15, -0.1) is 0 Å². The molecule has 152 valence electrons. The van der Waals surface area contributed by atoms with E-state index >= 15 is 0 Å². The van der Waals surface area contributed by atoms with E-state index < -0.39 is 16.1 Å². The summed E-state index contributed by atoms with van der Waals surface area (Å²) in [5.74, 6) is -0.0738. The number of hydrogen-bond acceptors (Lipinski definition) is 3. The van der Waals surface area contributed by atoms with Gasteiger partial charge < -0.3 is 0 Å². The number of aryl methyl sites for hydroxylation is 1. The molecule has 0 N–H and O–H groups in total. The van der Waals surface area contributed by atoms with E-state index in [4.69, 9.17) is 0 Å². The lowest BCUT2D eigenvalue weighted by Gasteiger charge is -2.24. The van der Waals surface area contributed by atoms with Gasteiger partial charge in [-0.2, -0.15) is 4.31 Å². The number of nitrogens with zero attached hydrogens (tertiary/aromatic N) is 1. The van der Waals surface area contributed by atoms with Crippen molar-refractivity contribution in [3.05, 3.63) is 108 Å². The molecule has 0 radical (unpaired) electrons. The molecular weight excluding hydrogens is 394 g/mol. The number of ketones is 1. The molecule has 3 aromatic carbocycles. The summed E-state index contributed by atoms with van der Waals surface area (Å²) in [7, 11) is -3.74. The molecule has 0 spiro atoms. The fourth-order valence-electron chi connectivity index (χ4n) is 3.69. The Morgan fingerprint density at radius 1 is 0.900 bits per heavy atom. The van der Waals surface area contributed by atoms with Gasteiger partial charge in [0.25, 0.3) is 0 Å². The van der Waals surface area contributed by atoms with Crippen LogP contribution in [0.4, 0.5) is 0 Å². The molecule has 4 nitrogen and oxygen atoms in total. The molecule has 0 saturated carbocycles. The van der Waals surface area contributed by atoms with Crippen molar-refractivity contribution in [1.29, 1.82) is 0 Å². The summed E-state index contributed by atoms with van der Waals surface area (Å²) in [6.07, 6.45) is 2.02. The van der Waals surface area contributed by atoms with E-state index in [0.29, 0.717) is 5.56 Å². The molecule has 0 fully saturated rings. The smallest absolute Gasteiger partial charge is 0.243 e. The van der Waals surface area contributed by atoms with Crippen LogP contribution in [0.1, 0.15) is 27.9 Å². The van der Waals surface area contributed by atoms with Gasteiger partial charge >= 0.3 is 0 Å². The fourth-order valence-corrected chi connectivity index (χ4v) is 5.25. The molecule has 1 heterocycles. The first-order valence-corrected chi connectivity index (χ1v) is 11.3. The van der Waals surface area contributed by atoms with Crippen LogP contribution in [0.5, 0.6) is 0 Å². The monoisotopic (exact) mass is 417 g/mol. The number of sulfonamides is 1. The maximum Gasteiger partial charge on any atom is 0.243 e. The highest BCUT2D eigenvalue weighted by Crippen LogP contribution is 2.32. The standard InChI is InChI=1S/C25H23NO3S/c1-19-12-14-24(15-13-19)30(28,29)26-18-22(20-8-4-2-5-9-20)16-23(26)17-25(27)21-10-6-3-7-11-21/h2-16,23H,17-18H2,1H3. The van der Waals surface area contributed by atoms with Gasteiger partial charge in [0.2, 0.25) is 10.0 Å². The lowest BCUT2D eigenvalue weighted by molar-refractivity contribution is 0.0967. The highest BCUT2D eigenvalue weighted by atomic mass is 32.2. The van der Waals surface area contributed by atoms with E-state index in [1.165, 1.54) is 4.31 Å². The van der Waals surface area contributed by atoms with Gasteiger partial charge in [-0.05, 0) is 30.2 Å². The first kappa shape index (κ1) is 20.3. The molecule has 0 bridgehead atoms. The summed E-state index contributed by atoms with van der Waals surface area (Å²) >= 11 is 0. The van der Waals surface area contributed by atoms with Crippen LogP contribution in [0, 0.1) is 6.92 Å². The lowest BCUT2D eigenvalue weighted by Crippen LogP contribution is -2.37. The highest BCUT2D eigenvalue weighted by molar-refractivity contribution is 7.89. The minimum Gasteiger partial charge on any atom is -0.294 e. The van der Waals surface area contributed by atoms with Gasteiger partial charge in [0, 0.05) is 18.5 Å². The second kappa shape index (κ2) is 8.38. The van der Waals surface area contributed by atoms with E-state index in [0.717, 1.165) is 16.7 Å².